The summed E-state index contributed by atoms with van der Waals surface area (Å²) in [6, 6.07) is 17.7. The number of aromatic nitrogens is 2. The molecule has 0 saturated heterocycles. The lowest BCUT2D eigenvalue weighted by molar-refractivity contribution is 0.0997. The number of benzene rings is 2. The average Bonchev–Trinajstić information content (AvgIpc) is 2.77. The van der Waals surface area contributed by atoms with E-state index < -0.39 is 5.91 Å². The zero-order valence-electron chi connectivity index (χ0n) is 16.8. The van der Waals surface area contributed by atoms with Crippen molar-refractivity contribution in [3.63, 3.8) is 0 Å². The number of hydrogen-bond acceptors (Lipinski definition) is 5. The highest BCUT2D eigenvalue weighted by atomic mass is 32.2. The number of fused-ring (bicyclic) bond motifs is 1. The van der Waals surface area contributed by atoms with Crippen LogP contribution in [0.5, 0.6) is 5.75 Å². The highest BCUT2D eigenvalue weighted by molar-refractivity contribution is 7.98. The summed E-state index contributed by atoms with van der Waals surface area (Å²) in [4.78, 5) is 21.7. The van der Waals surface area contributed by atoms with Crippen LogP contribution in [0.3, 0.4) is 0 Å². The van der Waals surface area contributed by atoms with Crippen LogP contribution in [0.2, 0.25) is 0 Å². The van der Waals surface area contributed by atoms with Gasteiger partial charge in [-0.3, -0.25) is 14.8 Å². The fraction of sp³-hybridized carbons (Fsp3) is 0.125. The standard InChI is InChI=1S/C24H21N3O2S/c1-15-11-16(7-8-23(15)30-2)17-12-20-18(5-3-9-26-20)22(13-17)29-14-21-19(24(25)28)6-4-10-27-21/h3-13H,14H2,1-2H3,(H2,25,28). The molecule has 0 unspecified atom stereocenters. The molecule has 0 saturated carbocycles. The summed E-state index contributed by atoms with van der Waals surface area (Å²) in [5.41, 5.74) is 10.5. The second-order valence-corrected chi connectivity index (χ2v) is 7.73. The number of amides is 1. The van der Waals surface area contributed by atoms with Crippen molar-refractivity contribution >= 4 is 28.6 Å². The normalized spacial score (nSPS) is 10.9. The lowest BCUT2D eigenvalue weighted by Crippen LogP contribution is -2.15. The van der Waals surface area contributed by atoms with Crippen LogP contribution in [-0.2, 0) is 6.61 Å². The zero-order valence-corrected chi connectivity index (χ0v) is 17.6. The number of hydrogen-bond donors (Lipinski definition) is 1. The Bertz CT molecular complexity index is 1240. The van der Waals surface area contributed by atoms with E-state index in [9.17, 15) is 4.79 Å². The van der Waals surface area contributed by atoms with Gasteiger partial charge < -0.3 is 10.5 Å². The van der Waals surface area contributed by atoms with E-state index in [4.69, 9.17) is 10.5 Å². The van der Waals surface area contributed by atoms with Gasteiger partial charge in [-0.15, -0.1) is 11.8 Å². The zero-order chi connectivity index (χ0) is 21.1. The van der Waals surface area contributed by atoms with Gasteiger partial charge in [-0.05, 0) is 72.3 Å². The Hall–Kier alpha value is -3.38. The van der Waals surface area contributed by atoms with E-state index in [0.29, 0.717) is 17.0 Å². The molecule has 0 spiro atoms. The van der Waals surface area contributed by atoms with E-state index in [1.807, 2.05) is 18.2 Å². The third kappa shape index (κ3) is 4.00. The molecule has 0 bridgehead atoms. The van der Waals surface area contributed by atoms with Crippen LogP contribution >= 0.6 is 11.8 Å². The molecule has 1 amide bonds. The number of primary amides is 1. The third-order valence-electron chi connectivity index (χ3n) is 4.93. The maximum absolute atomic E-state index is 11.7. The topological polar surface area (TPSA) is 78.1 Å². The maximum Gasteiger partial charge on any atom is 0.250 e. The first-order chi connectivity index (χ1) is 14.6. The summed E-state index contributed by atoms with van der Waals surface area (Å²) >= 11 is 1.73. The molecule has 2 aromatic heterocycles. The number of carbonyl (C=O) groups excluding carboxylic acids is 1. The van der Waals surface area contributed by atoms with E-state index in [0.717, 1.165) is 22.0 Å². The molecule has 150 valence electrons. The van der Waals surface area contributed by atoms with Crippen molar-refractivity contribution < 1.29 is 9.53 Å². The van der Waals surface area contributed by atoms with Gasteiger partial charge in [-0.2, -0.15) is 0 Å². The van der Waals surface area contributed by atoms with Crippen LogP contribution in [0.1, 0.15) is 21.6 Å². The minimum Gasteiger partial charge on any atom is -0.487 e. The molecule has 0 fully saturated rings. The number of rotatable bonds is 6. The third-order valence-corrected chi connectivity index (χ3v) is 5.83. The van der Waals surface area contributed by atoms with Crippen molar-refractivity contribution in [1.82, 2.24) is 9.97 Å². The molecule has 0 radical (unpaired) electrons. The average molecular weight is 416 g/mol. The number of nitrogens with two attached hydrogens (primary N) is 1. The van der Waals surface area contributed by atoms with Crippen LogP contribution < -0.4 is 10.5 Å². The molecule has 2 N–H and O–H groups in total. The summed E-state index contributed by atoms with van der Waals surface area (Å²) in [6.07, 6.45) is 5.46. The molecular formula is C24H21N3O2S. The second-order valence-electron chi connectivity index (χ2n) is 6.88. The van der Waals surface area contributed by atoms with Gasteiger partial charge in [0.2, 0.25) is 0 Å². The Morgan fingerprint density at radius 3 is 2.60 bits per heavy atom. The number of ether oxygens (including phenoxy) is 1. The van der Waals surface area contributed by atoms with E-state index in [-0.39, 0.29) is 6.61 Å². The molecule has 5 nitrogen and oxygen atoms in total. The largest absolute Gasteiger partial charge is 0.487 e. The van der Waals surface area contributed by atoms with Crippen LogP contribution in [0.4, 0.5) is 0 Å². The fourth-order valence-corrected chi connectivity index (χ4v) is 4.00. The number of carbonyl (C=O) groups is 1. The van der Waals surface area contributed by atoms with Crippen molar-refractivity contribution in [2.45, 2.75) is 18.4 Å². The maximum atomic E-state index is 11.7. The lowest BCUT2D eigenvalue weighted by Gasteiger charge is -2.13. The molecule has 0 aliphatic heterocycles. The number of pyridine rings is 2. The van der Waals surface area contributed by atoms with Crippen molar-refractivity contribution in [3.05, 3.63) is 83.8 Å². The summed E-state index contributed by atoms with van der Waals surface area (Å²) in [5.74, 6) is 0.162. The Morgan fingerprint density at radius 2 is 1.83 bits per heavy atom. The first kappa shape index (κ1) is 19.9. The van der Waals surface area contributed by atoms with Crippen LogP contribution in [0.15, 0.2) is 71.9 Å². The van der Waals surface area contributed by atoms with Crippen molar-refractivity contribution in [2.75, 3.05) is 6.26 Å². The first-order valence-corrected chi connectivity index (χ1v) is 10.7. The predicted octanol–water partition coefficient (Wildman–Crippen LogP) is 5.01. The van der Waals surface area contributed by atoms with Crippen LogP contribution in [-0.4, -0.2) is 22.1 Å². The van der Waals surface area contributed by atoms with Gasteiger partial charge in [0.1, 0.15) is 12.4 Å². The quantitative estimate of drug-likeness (QED) is 0.448. The number of thioether (sulfide) groups is 1. The van der Waals surface area contributed by atoms with Crippen LogP contribution in [0, 0.1) is 6.92 Å². The molecule has 4 aromatic rings. The minimum absolute atomic E-state index is 0.136. The van der Waals surface area contributed by atoms with E-state index >= 15 is 0 Å². The van der Waals surface area contributed by atoms with Crippen molar-refractivity contribution in [2.24, 2.45) is 5.73 Å². The van der Waals surface area contributed by atoms with E-state index in [1.54, 1.807) is 36.3 Å². The first-order valence-electron chi connectivity index (χ1n) is 9.47. The number of nitrogens with zero attached hydrogens (tertiary/aromatic N) is 2. The molecule has 2 heterocycles. The highest BCUT2D eigenvalue weighted by Gasteiger charge is 2.13. The van der Waals surface area contributed by atoms with E-state index in [1.165, 1.54) is 10.5 Å². The summed E-state index contributed by atoms with van der Waals surface area (Å²) in [6.45, 7) is 2.25. The Balaban J connectivity index is 1.74. The van der Waals surface area contributed by atoms with E-state index in [2.05, 4.69) is 47.4 Å². The summed E-state index contributed by atoms with van der Waals surface area (Å²) < 4.78 is 6.12. The van der Waals surface area contributed by atoms with Gasteiger partial charge in [-0.1, -0.05) is 12.1 Å². The minimum atomic E-state index is -0.522. The Labute approximate surface area is 179 Å². The fourth-order valence-electron chi connectivity index (χ4n) is 3.42. The molecule has 0 aliphatic rings. The van der Waals surface area contributed by atoms with Gasteiger partial charge in [0.25, 0.3) is 5.91 Å². The van der Waals surface area contributed by atoms with Crippen LogP contribution in [0.25, 0.3) is 22.0 Å². The molecule has 2 aromatic carbocycles. The summed E-state index contributed by atoms with van der Waals surface area (Å²) in [5, 5.41) is 0.898. The number of aryl methyl sites for hydroxylation is 1. The second kappa shape index (κ2) is 8.55. The predicted molar refractivity (Wildman–Crippen MR) is 121 cm³/mol. The summed E-state index contributed by atoms with van der Waals surface area (Å²) in [7, 11) is 0. The van der Waals surface area contributed by atoms with Gasteiger partial charge in [0, 0.05) is 22.7 Å². The van der Waals surface area contributed by atoms with Crippen molar-refractivity contribution in [1.29, 1.82) is 0 Å². The highest BCUT2D eigenvalue weighted by Crippen LogP contribution is 2.34. The van der Waals surface area contributed by atoms with Crippen molar-refractivity contribution in [3.8, 4) is 16.9 Å². The molecular weight excluding hydrogens is 394 g/mol. The smallest absolute Gasteiger partial charge is 0.250 e. The van der Waals surface area contributed by atoms with Gasteiger partial charge in [0.15, 0.2) is 0 Å². The van der Waals surface area contributed by atoms with Gasteiger partial charge in [-0.25, -0.2) is 0 Å². The molecule has 0 atom stereocenters. The van der Waals surface area contributed by atoms with Gasteiger partial charge >= 0.3 is 0 Å². The Kier molecular flexibility index (Phi) is 5.68. The molecule has 30 heavy (non-hydrogen) atoms. The molecule has 6 heteroatoms. The molecule has 0 aliphatic carbocycles. The SMILES string of the molecule is CSc1ccc(-c2cc(OCc3ncccc3C(N)=O)c3cccnc3c2)cc1C. The lowest BCUT2D eigenvalue weighted by atomic mass is 10.0. The van der Waals surface area contributed by atoms with Gasteiger partial charge in [0.05, 0.1) is 16.8 Å². The molecule has 4 rings (SSSR count). The Morgan fingerprint density at radius 1 is 1.03 bits per heavy atom. The monoisotopic (exact) mass is 415 g/mol.